The van der Waals surface area contributed by atoms with Gasteiger partial charge in [-0.2, -0.15) is 0 Å². The van der Waals surface area contributed by atoms with Gasteiger partial charge in [-0.1, -0.05) is 57.5 Å². The topological polar surface area (TPSA) is 127 Å². The summed E-state index contributed by atoms with van der Waals surface area (Å²) in [6, 6.07) is 15.3. The molecule has 1 unspecified atom stereocenters. The number of nitrogen functional groups attached to an aromatic ring is 1. The standard InChI is InChI=1S/C33H44N6O4/c1-5-8-17-28-36-30-31(26-15-9-10-16-27(26)35-32(30)34)39(28)19-12-18-38(29(40)22-37(6-2)7-3)21-24-13-11-14-25(20-24)43-23(4)33(41)42/h9-11,13-16,20,23H,5-8,12,17-19,21-22H2,1-4H3,(H2,34,35)(H,41,42). The molecule has 0 bridgehead atoms. The Kier molecular flexibility index (Phi) is 10.9. The van der Waals surface area contributed by atoms with Crippen molar-refractivity contribution < 1.29 is 19.4 Å². The van der Waals surface area contributed by atoms with Crippen molar-refractivity contribution in [3.8, 4) is 5.75 Å². The van der Waals surface area contributed by atoms with Crippen LogP contribution in [0.2, 0.25) is 0 Å². The van der Waals surface area contributed by atoms with Crippen LogP contribution in [0, 0.1) is 0 Å². The van der Waals surface area contributed by atoms with E-state index in [0.29, 0.717) is 37.7 Å². The molecule has 2 aromatic heterocycles. The fourth-order valence-corrected chi connectivity index (χ4v) is 5.31. The number of carboxylic acid groups (broad SMARTS) is 1. The largest absolute Gasteiger partial charge is 0.479 e. The third kappa shape index (κ3) is 7.81. The summed E-state index contributed by atoms with van der Waals surface area (Å²) in [5.74, 6) is 0.902. The number of nitrogens with zero attached hydrogens (tertiary/aromatic N) is 5. The molecule has 0 saturated carbocycles. The number of amides is 1. The Bertz CT molecular complexity index is 1550. The SMILES string of the molecule is CCCCc1nc2c(N)nc3ccccc3c2n1CCCN(Cc1cccc(OC(C)C(=O)O)c1)C(=O)CN(CC)CC. The van der Waals surface area contributed by atoms with E-state index in [9.17, 15) is 14.7 Å². The van der Waals surface area contributed by atoms with Crippen molar-refractivity contribution >= 4 is 39.6 Å². The number of hydrogen-bond acceptors (Lipinski definition) is 7. The molecule has 2 aromatic carbocycles. The molecule has 4 rings (SSSR count). The first kappa shape index (κ1) is 31.7. The van der Waals surface area contributed by atoms with Crippen molar-refractivity contribution in [3.63, 3.8) is 0 Å². The molecule has 1 atom stereocenters. The predicted octanol–water partition coefficient (Wildman–Crippen LogP) is 5.12. The van der Waals surface area contributed by atoms with E-state index in [1.807, 2.05) is 41.3 Å². The van der Waals surface area contributed by atoms with Crippen LogP contribution in [0.4, 0.5) is 5.82 Å². The minimum Gasteiger partial charge on any atom is -0.479 e. The van der Waals surface area contributed by atoms with Gasteiger partial charge in [0.05, 0.1) is 17.6 Å². The van der Waals surface area contributed by atoms with Crippen molar-refractivity contribution in [1.82, 2.24) is 24.3 Å². The zero-order valence-corrected chi connectivity index (χ0v) is 25.8. The number of ether oxygens (including phenoxy) is 1. The summed E-state index contributed by atoms with van der Waals surface area (Å²) in [6.07, 6.45) is 2.66. The van der Waals surface area contributed by atoms with Gasteiger partial charge in [0.25, 0.3) is 0 Å². The lowest BCUT2D eigenvalue weighted by atomic mass is 10.1. The Morgan fingerprint density at radius 2 is 1.81 bits per heavy atom. The normalized spacial score (nSPS) is 12.2. The first-order valence-corrected chi connectivity index (χ1v) is 15.3. The molecular formula is C33H44N6O4. The van der Waals surface area contributed by atoms with E-state index in [4.69, 9.17) is 15.5 Å². The highest BCUT2D eigenvalue weighted by molar-refractivity contribution is 6.06. The first-order valence-electron chi connectivity index (χ1n) is 15.3. The van der Waals surface area contributed by atoms with E-state index in [0.717, 1.165) is 72.1 Å². The van der Waals surface area contributed by atoms with Crippen LogP contribution < -0.4 is 10.5 Å². The minimum absolute atomic E-state index is 0.0505. The zero-order chi connectivity index (χ0) is 30.9. The molecule has 2 heterocycles. The molecule has 10 heteroatoms. The number of carboxylic acids is 1. The summed E-state index contributed by atoms with van der Waals surface area (Å²) in [7, 11) is 0. The highest BCUT2D eigenvalue weighted by atomic mass is 16.5. The van der Waals surface area contributed by atoms with Gasteiger partial charge in [0.2, 0.25) is 5.91 Å². The number of pyridine rings is 1. The molecular weight excluding hydrogens is 544 g/mol. The molecule has 10 nitrogen and oxygen atoms in total. The number of unbranched alkanes of at least 4 members (excludes halogenated alkanes) is 1. The molecule has 3 N–H and O–H groups in total. The maximum absolute atomic E-state index is 13.6. The van der Waals surface area contributed by atoms with E-state index in [2.05, 4.69) is 41.3 Å². The molecule has 1 amide bonds. The fraction of sp³-hybridized carbons (Fsp3) is 0.455. The quantitative estimate of drug-likeness (QED) is 0.185. The molecule has 0 aliphatic carbocycles. The third-order valence-electron chi connectivity index (χ3n) is 7.79. The summed E-state index contributed by atoms with van der Waals surface area (Å²) in [5.41, 5.74) is 9.82. The number of para-hydroxylation sites is 1. The van der Waals surface area contributed by atoms with Crippen LogP contribution in [-0.4, -0.2) is 73.6 Å². The van der Waals surface area contributed by atoms with E-state index < -0.39 is 12.1 Å². The van der Waals surface area contributed by atoms with Gasteiger partial charge in [-0.25, -0.2) is 14.8 Å². The number of fused-ring (bicyclic) bond motifs is 3. The number of carbonyl (C=O) groups is 2. The molecule has 230 valence electrons. The monoisotopic (exact) mass is 588 g/mol. The van der Waals surface area contributed by atoms with Crippen molar-refractivity contribution in [1.29, 1.82) is 0 Å². The summed E-state index contributed by atoms with van der Waals surface area (Å²) < 4.78 is 7.85. The number of rotatable bonds is 16. The minimum atomic E-state index is -1.03. The number of nitrogens with two attached hydrogens (primary N) is 1. The highest BCUT2D eigenvalue weighted by Gasteiger charge is 2.20. The summed E-state index contributed by atoms with van der Waals surface area (Å²) in [6.45, 7) is 11.3. The van der Waals surface area contributed by atoms with Crippen molar-refractivity contribution in [2.24, 2.45) is 0 Å². The molecule has 0 saturated heterocycles. The van der Waals surface area contributed by atoms with E-state index >= 15 is 0 Å². The Morgan fingerprint density at radius 3 is 2.53 bits per heavy atom. The molecule has 0 aliphatic rings. The maximum atomic E-state index is 13.6. The Labute approximate surface area is 253 Å². The van der Waals surface area contributed by atoms with Gasteiger partial charge in [0, 0.05) is 31.4 Å². The van der Waals surface area contributed by atoms with Crippen molar-refractivity contribution in [2.45, 2.75) is 72.6 Å². The Morgan fingerprint density at radius 1 is 1.05 bits per heavy atom. The van der Waals surface area contributed by atoms with Gasteiger partial charge in [-0.15, -0.1) is 0 Å². The van der Waals surface area contributed by atoms with E-state index in [-0.39, 0.29) is 5.91 Å². The summed E-state index contributed by atoms with van der Waals surface area (Å²) >= 11 is 0. The van der Waals surface area contributed by atoms with Gasteiger partial charge < -0.3 is 25.0 Å². The summed E-state index contributed by atoms with van der Waals surface area (Å²) in [4.78, 5) is 38.4. The van der Waals surface area contributed by atoms with Crippen molar-refractivity contribution in [3.05, 3.63) is 59.9 Å². The number of aryl methyl sites for hydroxylation is 2. The van der Waals surface area contributed by atoms with Crippen LogP contribution >= 0.6 is 0 Å². The van der Waals surface area contributed by atoms with Crippen LogP contribution in [0.5, 0.6) is 5.75 Å². The first-order chi connectivity index (χ1) is 20.7. The van der Waals surface area contributed by atoms with E-state index in [1.54, 1.807) is 6.07 Å². The zero-order valence-electron chi connectivity index (χ0n) is 25.8. The number of hydrogen-bond donors (Lipinski definition) is 2. The van der Waals surface area contributed by atoms with Crippen LogP contribution in [0.25, 0.3) is 21.9 Å². The summed E-state index contributed by atoms with van der Waals surface area (Å²) in [5, 5.41) is 10.3. The Balaban J connectivity index is 1.60. The lowest BCUT2D eigenvalue weighted by Crippen LogP contribution is -2.40. The van der Waals surface area contributed by atoms with Gasteiger partial charge in [0.15, 0.2) is 11.9 Å². The van der Waals surface area contributed by atoms with Crippen LogP contribution in [0.15, 0.2) is 48.5 Å². The lowest BCUT2D eigenvalue weighted by Gasteiger charge is -2.27. The van der Waals surface area contributed by atoms with Crippen LogP contribution in [0.1, 0.15) is 58.3 Å². The van der Waals surface area contributed by atoms with Crippen molar-refractivity contribution in [2.75, 3.05) is 31.9 Å². The third-order valence-corrected chi connectivity index (χ3v) is 7.79. The molecule has 0 spiro atoms. The predicted molar refractivity (Wildman–Crippen MR) is 170 cm³/mol. The van der Waals surface area contributed by atoms with E-state index in [1.165, 1.54) is 6.92 Å². The second-order valence-electron chi connectivity index (χ2n) is 10.9. The average molecular weight is 589 g/mol. The Hall–Kier alpha value is -4.18. The second-order valence-corrected chi connectivity index (χ2v) is 10.9. The number of likely N-dealkylation sites (N-methyl/N-ethyl adjacent to an activating group) is 1. The number of imidazole rings is 1. The maximum Gasteiger partial charge on any atom is 0.344 e. The van der Waals surface area contributed by atoms with Gasteiger partial charge in [0.1, 0.15) is 17.1 Å². The van der Waals surface area contributed by atoms with Gasteiger partial charge in [-0.05, 0) is 56.6 Å². The average Bonchev–Trinajstić information content (AvgIpc) is 3.37. The molecule has 0 fully saturated rings. The smallest absolute Gasteiger partial charge is 0.344 e. The van der Waals surface area contributed by atoms with Crippen LogP contribution in [-0.2, 0) is 29.1 Å². The number of aliphatic carboxylic acids is 1. The number of benzene rings is 2. The number of aromatic nitrogens is 3. The van der Waals surface area contributed by atoms with Gasteiger partial charge in [-0.3, -0.25) is 9.69 Å². The fourth-order valence-electron chi connectivity index (χ4n) is 5.31. The number of anilines is 1. The van der Waals surface area contributed by atoms with Gasteiger partial charge >= 0.3 is 5.97 Å². The molecule has 4 aromatic rings. The highest BCUT2D eigenvalue weighted by Crippen LogP contribution is 2.29. The molecule has 0 aliphatic heterocycles. The second kappa shape index (κ2) is 14.8. The van der Waals surface area contributed by atoms with Crippen LogP contribution in [0.3, 0.4) is 0 Å². The molecule has 0 radical (unpaired) electrons. The molecule has 43 heavy (non-hydrogen) atoms. The number of carbonyl (C=O) groups excluding carboxylic acids is 1. The lowest BCUT2D eigenvalue weighted by molar-refractivity contribution is -0.144.